The summed E-state index contributed by atoms with van der Waals surface area (Å²) in [7, 11) is 0. The molecule has 1 heterocycles. The first kappa shape index (κ1) is 11.7. The molecule has 16 heavy (non-hydrogen) atoms. The van der Waals surface area contributed by atoms with Crippen LogP contribution in [0, 0.1) is 6.42 Å². The molecular formula is C14H22NO. The third kappa shape index (κ3) is 4.01. The number of rotatable bonds is 4. The van der Waals surface area contributed by atoms with Crippen molar-refractivity contribution in [3.05, 3.63) is 30.4 Å². The maximum Gasteiger partial charge on any atom is 0.115 e. The van der Waals surface area contributed by atoms with Crippen LogP contribution in [0.5, 0.6) is 0 Å². The predicted molar refractivity (Wildman–Crippen MR) is 67.0 cm³/mol. The summed E-state index contributed by atoms with van der Waals surface area (Å²) in [5.74, 6) is 1.04. The molecule has 2 rings (SSSR count). The highest BCUT2D eigenvalue weighted by atomic mass is 16.5. The number of hydrogen-bond donors (Lipinski definition) is 0. The van der Waals surface area contributed by atoms with Gasteiger partial charge in [-0.15, -0.1) is 0 Å². The van der Waals surface area contributed by atoms with Crippen LogP contribution in [-0.2, 0) is 4.74 Å². The molecule has 0 bridgehead atoms. The Morgan fingerprint density at radius 2 is 1.94 bits per heavy atom. The van der Waals surface area contributed by atoms with E-state index in [9.17, 15) is 0 Å². The first-order chi connectivity index (χ1) is 7.95. The number of likely N-dealkylation sites (tertiary alicyclic amines) is 1. The molecule has 2 nitrogen and oxygen atoms in total. The minimum atomic E-state index is 0.830. The van der Waals surface area contributed by atoms with Gasteiger partial charge in [-0.2, -0.15) is 0 Å². The van der Waals surface area contributed by atoms with E-state index in [-0.39, 0.29) is 0 Å². The smallest absolute Gasteiger partial charge is 0.115 e. The van der Waals surface area contributed by atoms with Gasteiger partial charge in [-0.05, 0) is 50.9 Å². The number of ether oxygens (including phenoxy) is 1. The van der Waals surface area contributed by atoms with Crippen molar-refractivity contribution in [3.8, 4) is 0 Å². The summed E-state index contributed by atoms with van der Waals surface area (Å²) in [5, 5.41) is 0. The summed E-state index contributed by atoms with van der Waals surface area (Å²) >= 11 is 0. The van der Waals surface area contributed by atoms with Crippen molar-refractivity contribution in [2.75, 3.05) is 26.2 Å². The molecule has 1 aliphatic carbocycles. The maximum atomic E-state index is 5.74. The lowest BCUT2D eigenvalue weighted by molar-refractivity contribution is 0.166. The van der Waals surface area contributed by atoms with E-state index >= 15 is 0 Å². The van der Waals surface area contributed by atoms with Gasteiger partial charge in [0.2, 0.25) is 0 Å². The van der Waals surface area contributed by atoms with Crippen molar-refractivity contribution in [2.24, 2.45) is 0 Å². The van der Waals surface area contributed by atoms with Gasteiger partial charge in [0.15, 0.2) is 0 Å². The highest BCUT2D eigenvalue weighted by Crippen LogP contribution is 2.11. The molecule has 2 heteroatoms. The summed E-state index contributed by atoms with van der Waals surface area (Å²) in [4.78, 5) is 2.53. The minimum absolute atomic E-state index is 0.830. The Morgan fingerprint density at radius 3 is 2.62 bits per heavy atom. The molecule has 2 aliphatic rings. The van der Waals surface area contributed by atoms with Crippen LogP contribution in [-0.4, -0.2) is 31.1 Å². The Morgan fingerprint density at radius 1 is 1.12 bits per heavy atom. The molecule has 0 aromatic carbocycles. The van der Waals surface area contributed by atoms with Crippen molar-refractivity contribution in [2.45, 2.75) is 32.1 Å². The van der Waals surface area contributed by atoms with E-state index in [2.05, 4.69) is 23.5 Å². The molecule has 0 unspecified atom stereocenters. The van der Waals surface area contributed by atoms with Crippen LogP contribution < -0.4 is 0 Å². The predicted octanol–water partition coefficient (Wildman–Crippen LogP) is 2.93. The number of allylic oxidation sites excluding steroid dienone is 3. The third-order valence-electron chi connectivity index (χ3n) is 3.23. The highest BCUT2D eigenvalue weighted by molar-refractivity contribution is 5.21. The zero-order chi connectivity index (χ0) is 11.1. The average molecular weight is 220 g/mol. The fraction of sp³-hybridized carbons (Fsp3) is 0.643. The summed E-state index contributed by atoms with van der Waals surface area (Å²) in [6.45, 7) is 4.42. The van der Waals surface area contributed by atoms with Crippen molar-refractivity contribution >= 4 is 0 Å². The molecule has 89 valence electrons. The molecular weight excluding hydrogens is 198 g/mol. The Bertz CT molecular complexity index is 249. The molecule has 0 N–H and O–H groups in total. The topological polar surface area (TPSA) is 12.5 Å². The van der Waals surface area contributed by atoms with Crippen LogP contribution in [0.1, 0.15) is 32.1 Å². The quantitative estimate of drug-likeness (QED) is 0.722. The second-order valence-electron chi connectivity index (χ2n) is 4.54. The van der Waals surface area contributed by atoms with E-state index in [1.165, 1.54) is 38.8 Å². The zero-order valence-electron chi connectivity index (χ0n) is 10.0. The van der Waals surface area contributed by atoms with Gasteiger partial charge in [0.1, 0.15) is 12.4 Å². The van der Waals surface area contributed by atoms with E-state index in [0.717, 1.165) is 25.3 Å². The van der Waals surface area contributed by atoms with Gasteiger partial charge >= 0.3 is 0 Å². The van der Waals surface area contributed by atoms with Gasteiger partial charge in [0.25, 0.3) is 0 Å². The zero-order valence-corrected chi connectivity index (χ0v) is 10.0. The van der Waals surface area contributed by atoms with Crippen LogP contribution >= 0.6 is 0 Å². The average Bonchev–Trinajstić information content (AvgIpc) is 2.59. The Balaban J connectivity index is 1.63. The van der Waals surface area contributed by atoms with Gasteiger partial charge in [-0.25, -0.2) is 0 Å². The molecule has 0 aromatic rings. The monoisotopic (exact) mass is 220 g/mol. The van der Waals surface area contributed by atoms with Crippen LogP contribution in [0.2, 0.25) is 0 Å². The molecule has 0 atom stereocenters. The molecule has 1 fully saturated rings. The van der Waals surface area contributed by atoms with Gasteiger partial charge < -0.3 is 4.74 Å². The van der Waals surface area contributed by atoms with Crippen molar-refractivity contribution < 1.29 is 4.74 Å². The maximum absolute atomic E-state index is 5.74. The van der Waals surface area contributed by atoms with Gasteiger partial charge in [-0.1, -0.05) is 18.9 Å². The normalized spacial score (nSPS) is 22.6. The van der Waals surface area contributed by atoms with Gasteiger partial charge in [0.05, 0.1) is 0 Å². The fourth-order valence-electron chi connectivity index (χ4n) is 2.25. The van der Waals surface area contributed by atoms with E-state index in [4.69, 9.17) is 4.74 Å². The van der Waals surface area contributed by atoms with Crippen LogP contribution in [0.25, 0.3) is 0 Å². The van der Waals surface area contributed by atoms with Gasteiger partial charge in [0, 0.05) is 6.54 Å². The largest absolute Gasteiger partial charge is 0.493 e. The van der Waals surface area contributed by atoms with E-state index in [1.54, 1.807) is 0 Å². The molecule has 0 aromatic heterocycles. The lowest BCUT2D eigenvalue weighted by atomic mass is 10.2. The standard InChI is InChI=1S/C14H22NO/c1-2-7-11-15(10-6-1)12-13-16-14-8-4-3-5-9-14/h3-4,8-9H,1-2,5-7,10-13H2. The molecule has 1 saturated heterocycles. The first-order valence-electron chi connectivity index (χ1n) is 6.50. The van der Waals surface area contributed by atoms with E-state index in [1.807, 2.05) is 6.08 Å². The van der Waals surface area contributed by atoms with Crippen molar-refractivity contribution in [3.63, 3.8) is 0 Å². The number of nitrogens with zero attached hydrogens (tertiary/aromatic N) is 1. The highest BCUT2D eigenvalue weighted by Gasteiger charge is 2.08. The molecule has 0 saturated carbocycles. The third-order valence-corrected chi connectivity index (χ3v) is 3.23. The molecule has 1 aliphatic heterocycles. The fourth-order valence-corrected chi connectivity index (χ4v) is 2.25. The Labute approximate surface area is 99.0 Å². The van der Waals surface area contributed by atoms with Crippen LogP contribution in [0.4, 0.5) is 0 Å². The van der Waals surface area contributed by atoms with Crippen LogP contribution in [0.3, 0.4) is 0 Å². The molecule has 0 spiro atoms. The van der Waals surface area contributed by atoms with Crippen molar-refractivity contribution in [1.82, 2.24) is 4.90 Å². The second-order valence-corrected chi connectivity index (χ2v) is 4.54. The summed E-state index contributed by atoms with van der Waals surface area (Å²) < 4.78 is 5.74. The summed E-state index contributed by atoms with van der Waals surface area (Å²) in [6.07, 6.45) is 14.9. The number of hydrogen-bond acceptors (Lipinski definition) is 2. The van der Waals surface area contributed by atoms with Gasteiger partial charge in [-0.3, -0.25) is 4.90 Å². The van der Waals surface area contributed by atoms with E-state index in [0.29, 0.717) is 0 Å². The molecule has 1 radical (unpaired) electrons. The Kier molecular flexibility index (Phi) is 4.94. The van der Waals surface area contributed by atoms with E-state index < -0.39 is 0 Å². The second kappa shape index (κ2) is 6.74. The SMILES string of the molecule is [CH]1C=CC(OCCN2CCCCCC2)=CC1. The Hall–Kier alpha value is -0.760. The minimum Gasteiger partial charge on any atom is -0.493 e. The lowest BCUT2D eigenvalue weighted by Crippen LogP contribution is -2.28. The first-order valence-corrected chi connectivity index (χ1v) is 6.50. The molecule has 0 amide bonds. The lowest BCUT2D eigenvalue weighted by Gasteiger charge is -2.20. The summed E-state index contributed by atoms with van der Waals surface area (Å²) in [6, 6.07) is 0. The van der Waals surface area contributed by atoms with Crippen LogP contribution in [0.15, 0.2) is 24.0 Å². The van der Waals surface area contributed by atoms with Crippen molar-refractivity contribution in [1.29, 1.82) is 0 Å². The summed E-state index contributed by atoms with van der Waals surface area (Å²) in [5.41, 5.74) is 0.